The number of fused-ring (bicyclic) bond motifs is 1. The number of carbonyl (C=O) groups excluding carboxylic acids is 1. The number of H-pyrrole nitrogens is 1. The van der Waals surface area contributed by atoms with Gasteiger partial charge >= 0.3 is 0 Å². The molecule has 2 heterocycles. The largest absolute Gasteiger partial charge is 0.332 e. The molecule has 0 aliphatic heterocycles. The molecule has 0 aliphatic carbocycles. The van der Waals surface area contributed by atoms with Crippen molar-refractivity contribution in [2.24, 2.45) is 0 Å². The fraction of sp³-hybridized carbons (Fsp3) is 0.0909. The standard InChI is InChI=1S/C22H18N4O2S/c27-20(24-17-7-4-11-23-14-17)16-8-9-18-19(13-16)25-22(29)26(21(18)28)12-10-15-5-2-1-3-6-15/h1-9,11,13-14H,10,12H2,(H,24,27)(H,25,29). The van der Waals surface area contributed by atoms with E-state index in [1.165, 1.54) is 0 Å². The summed E-state index contributed by atoms with van der Waals surface area (Å²) in [6, 6.07) is 18.4. The third-order valence-corrected chi connectivity index (χ3v) is 4.95. The summed E-state index contributed by atoms with van der Waals surface area (Å²) >= 11 is 5.39. The van der Waals surface area contributed by atoms with Crippen LogP contribution >= 0.6 is 12.2 Å². The minimum absolute atomic E-state index is 0.168. The van der Waals surface area contributed by atoms with Crippen LogP contribution in [0.4, 0.5) is 5.69 Å². The number of hydrogen-bond acceptors (Lipinski definition) is 4. The maximum absolute atomic E-state index is 12.9. The average Bonchev–Trinajstić information content (AvgIpc) is 2.74. The molecule has 0 unspecified atom stereocenters. The molecule has 0 radical (unpaired) electrons. The van der Waals surface area contributed by atoms with Gasteiger partial charge in [0, 0.05) is 18.3 Å². The molecular weight excluding hydrogens is 384 g/mol. The molecule has 0 saturated carbocycles. The summed E-state index contributed by atoms with van der Waals surface area (Å²) in [5, 5.41) is 3.27. The van der Waals surface area contributed by atoms with Crippen LogP contribution in [-0.2, 0) is 13.0 Å². The summed E-state index contributed by atoms with van der Waals surface area (Å²) < 4.78 is 1.89. The first-order valence-electron chi connectivity index (χ1n) is 9.14. The van der Waals surface area contributed by atoms with Gasteiger partial charge in [-0.2, -0.15) is 0 Å². The highest BCUT2D eigenvalue weighted by molar-refractivity contribution is 7.71. The fourth-order valence-corrected chi connectivity index (χ4v) is 3.41. The summed E-state index contributed by atoms with van der Waals surface area (Å²) in [6.45, 7) is 0.483. The molecular formula is C22H18N4O2S. The van der Waals surface area contributed by atoms with Crippen molar-refractivity contribution in [3.63, 3.8) is 0 Å². The van der Waals surface area contributed by atoms with Gasteiger partial charge in [-0.05, 0) is 54.5 Å². The van der Waals surface area contributed by atoms with E-state index in [2.05, 4.69) is 15.3 Å². The lowest BCUT2D eigenvalue weighted by molar-refractivity contribution is 0.102. The van der Waals surface area contributed by atoms with Crippen LogP contribution in [0.2, 0.25) is 0 Å². The molecule has 0 fully saturated rings. The number of hydrogen-bond donors (Lipinski definition) is 2. The Bertz CT molecular complexity index is 1280. The van der Waals surface area contributed by atoms with E-state index >= 15 is 0 Å². The van der Waals surface area contributed by atoms with Crippen LogP contribution in [0.15, 0.2) is 77.9 Å². The highest BCUT2D eigenvalue weighted by Crippen LogP contribution is 2.13. The highest BCUT2D eigenvalue weighted by atomic mass is 32.1. The second-order valence-electron chi connectivity index (χ2n) is 6.58. The number of carbonyl (C=O) groups is 1. The Balaban J connectivity index is 1.62. The molecule has 2 N–H and O–H groups in total. The van der Waals surface area contributed by atoms with Crippen LogP contribution in [-0.4, -0.2) is 20.4 Å². The van der Waals surface area contributed by atoms with E-state index in [0.29, 0.717) is 39.9 Å². The first kappa shape index (κ1) is 18.8. The van der Waals surface area contributed by atoms with Gasteiger partial charge in [-0.1, -0.05) is 30.3 Å². The highest BCUT2D eigenvalue weighted by Gasteiger charge is 2.11. The minimum atomic E-state index is -0.285. The molecule has 0 saturated heterocycles. The van der Waals surface area contributed by atoms with E-state index in [1.807, 2.05) is 30.3 Å². The number of nitrogens with zero attached hydrogens (tertiary/aromatic N) is 2. The molecule has 29 heavy (non-hydrogen) atoms. The van der Waals surface area contributed by atoms with Gasteiger partial charge in [-0.3, -0.25) is 19.1 Å². The predicted octanol–water partition coefficient (Wildman–Crippen LogP) is 3.95. The summed E-state index contributed by atoms with van der Waals surface area (Å²) in [7, 11) is 0. The Labute approximate surface area is 171 Å². The normalized spacial score (nSPS) is 10.8. The number of benzene rings is 2. The van der Waals surface area contributed by atoms with Gasteiger partial charge in [0.2, 0.25) is 0 Å². The number of pyridine rings is 1. The maximum atomic E-state index is 12.9. The Kier molecular flexibility index (Phi) is 5.31. The summed E-state index contributed by atoms with van der Waals surface area (Å²) in [5.74, 6) is -0.285. The van der Waals surface area contributed by atoms with Gasteiger partial charge in [0.25, 0.3) is 11.5 Å². The van der Waals surface area contributed by atoms with Crippen LogP contribution < -0.4 is 10.9 Å². The lowest BCUT2D eigenvalue weighted by Gasteiger charge is -2.10. The zero-order valence-corrected chi connectivity index (χ0v) is 16.3. The first-order valence-corrected chi connectivity index (χ1v) is 9.55. The van der Waals surface area contributed by atoms with Gasteiger partial charge in [-0.15, -0.1) is 0 Å². The molecule has 144 valence electrons. The zero-order valence-electron chi connectivity index (χ0n) is 15.5. The van der Waals surface area contributed by atoms with Crippen molar-refractivity contribution >= 4 is 34.7 Å². The summed E-state index contributed by atoms with van der Waals surface area (Å²) in [4.78, 5) is 32.5. The van der Waals surface area contributed by atoms with E-state index in [0.717, 1.165) is 5.56 Å². The van der Waals surface area contributed by atoms with Crippen LogP contribution in [0.1, 0.15) is 15.9 Å². The summed E-state index contributed by atoms with van der Waals surface area (Å²) in [5.41, 5.74) is 2.53. The van der Waals surface area contributed by atoms with Gasteiger partial charge in [0.1, 0.15) is 0 Å². The third kappa shape index (κ3) is 4.14. The number of rotatable bonds is 5. The zero-order chi connectivity index (χ0) is 20.2. The van der Waals surface area contributed by atoms with Crippen molar-refractivity contribution < 1.29 is 4.79 Å². The molecule has 6 nitrogen and oxygen atoms in total. The van der Waals surface area contributed by atoms with Gasteiger partial charge in [0.15, 0.2) is 4.77 Å². The topological polar surface area (TPSA) is 79.8 Å². The van der Waals surface area contributed by atoms with Crippen molar-refractivity contribution in [1.29, 1.82) is 0 Å². The average molecular weight is 402 g/mol. The SMILES string of the molecule is O=C(Nc1cccnc1)c1ccc2c(=O)n(CCc3ccccc3)c(=S)[nH]c2c1. The summed E-state index contributed by atoms with van der Waals surface area (Å²) in [6.07, 6.45) is 3.90. The van der Waals surface area contributed by atoms with E-state index in [-0.39, 0.29) is 11.5 Å². The Morgan fingerprint density at radius 3 is 2.69 bits per heavy atom. The molecule has 4 aromatic rings. The van der Waals surface area contributed by atoms with Crippen molar-refractivity contribution in [2.45, 2.75) is 13.0 Å². The van der Waals surface area contributed by atoms with Gasteiger partial charge in [-0.25, -0.2) is 0 Å². The Hall–Kier alpha value is -3.58. The monoisotopic (exact) mass is 402 g/mol. The van der Waals surface area contributed by atoms with Crippen LogP contribution in [0, 0.1) is 4.77 Å². The molecule has 7 heteroatoms. The van der Waals surface area contributed by atoms with Crippen molar-refractivity contribution in [2.75, 3.05) is 5.32 Å². The fourth-order valence-electron chi connectivity index (χ4n) is 3.12. The number of anilines is 1. The number of nitrogens with one attached hydrogen (secondary N) is 2. The van der Waals surface area contributed by atoms with Crippen molar-refractivity contribution in [3.8, 4) is 0 Å². The van der Waals surface area contributed by atoms with E-state index in [9.17, 15) is 9.59 Å². The molecule has 1 amide bonds. The molecule has 0 bridgehead atoms. The molecule has 2 aromatic heterocycles. The van der Waals surface area contributed by atoms with Gasteiger partial charge in [0.05, 0.1) is 22.8 Å². The number of aromatic amines is 1. The second-order valence-corrected chi connectivity index (χ2v) is 6.97. The lowest BCUT2D eigenvalue weighted by atomic mass is 10.1. The van der Waals surface area contributed by atoms with Crippen LogP contribution in [0.25, 0.3) is 10.9 Å². The minimum Gasteiger partial charge on any atom is -0.332 e. The first-order chi connectivity index (χ1) is 14.1. The smallest absolute Gasteiger partial charge is 0.262 e. The number of amides is 1. The Morgan fingerprint density at radius 2 is 1.93 bits per heavy atom. The molecule has 0 aliphatic rings. The predicted molar refractivity (Wildman–Crippen MR) is 116 cm³/mol. The molecule has 0 atom stereocenters. The van der Waals surface area contributed by atoms with Crippen LogP contribution in [0.3, 0.4) is 0 Å². The van der Waals surface area contributed by atoms with E-state index in [1.54, 1.807) is 47.3 Å². The second kappa shape index (κ2) is 8.20. The molecule has 4 rings (SSSR count). The molecule has 0 spiro atoms. The third-order valence-electron chi connectivity index (χ3n) is 4.63. The Morgan fingerprint density at radius 1 is 1.10 bits per heavy atom. The van der Waals surface area contributed by atoms with E-state index < -0.39 is 0 Å². The number of aromatic nitrogens is 3. The van der Waals surface area contributed by atoms with Crippen molar-refractivity contribution in [3.05, 3.63) is 99.3 Å². The van der Waals surface area contributed by atoms with Crippen LogP contribution in [0.5, 0.6) is 0 Å². The molecule has 2 aromatic carbocycles. The van der Waals surface area contributed by atoms with Gasteiger partial charge < -0.3 is 10.3 Å². The maximum Gasteiger partial charge on any atom is 0.262 e. The van der Waals surface area contributed by atoms with Crippen molar-refractivity contribution in [1.82, 2.24) is 14.5 Å². The quantitative estimate of drug-likeness (QED) is 0.496. The van der Waals surface area contributed by atoms with E-state index in [4.69, 9.17) is 12.2 Å². The number of aryl methyl sites for hydroxylation is 1. The lowest BCUT2D eigenvalue weighted by Crippen LogP contribution is -2.23.